The van der Waals surface area contributed by atoms with Gasteiger partial charge in [-0.2, -0.15) is 0 Å². The van der Waals surface area contributed by atoms with Crippen molar-refractivity contribution in [3.05, 3.63) is 124 Å². The van der Waals surface area contributed by atoms with E-state index in [0.29, 0.717) is 53.0 Å². The first kappa shape index (κ1) is 76.7. The highest BCUT2D eigenvalue weighted by Gasteiger charge is 2.48. The molecule has 1 aliphatic carbocycles. The molecule has 4 aromatic carbocycles. The largest absolute Gasteiger partial charge is 0.493 e. The maximum atomic E-state index is 14.6. The molecule has 28 nitrogen and oxygen atoms in total. The van der Waals surface area contributed by atoms with Crippen molar-refractivity contribution < 1.29 is 107 Å². The molecule has 5 aliphatic heterocycles. The predicted molar refractivity (Wildman–Crippen MR) is 371 cm³/mol. The maximum Gasteiger partial charge on any atom is 0.416 e. The van der Waals surface area contributed by atoms with Crippen LogP contribution in [0.1, 0.15) is 145 Å². The summed E-state index contributed by atoms with van der Waals surface area (Å²) in [7, 11) is 2.87. The maximum absolute atomic E-state index is 14.6. The summed E-state index contributed by atoms with van der Waals surface area (Å²) in [5.41, 5.74) is 3.06. The van der Waals surface area contributed by atoms with E-state index in [4.69, 9.17) is 42.6 Å². The second-order valence-corrected chi connectivity index (χ2v) is 29.3. The lowest BCUT2D eigenvalue weighted by Crippen LogP contribution is -2.54. The van der Waals surface area contributed by atoms with Crippen LogP contribution in [0, 0.1) is 12.3 Å². The highest BCUT2D eigenvalue weighted by molar-refractivity contribution is 6.06. The summed E-state index contributed by atoms with van der Waals surface area (Å²) in [6.07, 6.45) is -12.9. The van der Waals surface area contributed by atoms with Crippen molar-refractivity contribution in [2.75, 3.05) is 76.8 Å². The van der Waals surface area contributed by atoms with Gasteiger partial charge in [0.15, 0.2) is 23.5 Å². The first-order valence-corrected chi connectivity index (χ1v) is 34.4. The van der Waals surface area contributed by atoms with E-state index in [1.807, 2.05) is 48.5 Å². The number of aliphatic hydroxyl groups excluding tert-OH is 8. The third kappa shape index (κ3) is 17.6. The molecule has 4 amide bonds. The molecule has 0 bridgehead atoms. The van der Waals surface area contributed by atoms with E-state index in [9.17, 15) is 64.8 Å². The molecular formula is C74H98N6O22. The van der Waals surface area contributed by atoms with Gasteiger partial charge < -0.3 is 109 Å². The second kappa shape index (κ2) is 32.4. The van der Waals surface area contributed by atoms with Crippen molar-refractivity contribution in [3.63, 3.8) is 0 Å². The molecule has 13 atom stereocenters. The van der Waals surface area contributed by atoms with Gasteiger partial charge in [0.05, 0.1) is 92.0 Å². The number of amides is 4. The molecule has 10 rings (SSSR count). The van der Waals surface area contributed by atoms with Crippen LogP contribution in [0.4, 0.5) is 16.2 Å². The molecule has 1 saturated carbocycles. The number of ketones is 1. The third-order valence-corrected chi connectivity index (χ3v) is 18.9. The van der Waals surface area contributed by atoms with Gasteiger partial charge in [0.2, 0.25) is 6.29 Å². The number of anilines is 2. The molecule has 0 spiro atoms. The van der Waals surface area contributed by atoms with Crippen LogP contribution < -0.4 is 44.1 Å². The summed E-state index contributed by atoms with van der Waals surface area (Å²) in [4.78, 5) is 76.9. The van der Waals surface area contributed by atoms with E-state index in [1.54, 1.807) is 40.1 Å². The van der Waals surface area contributed by atoms with E-state index in [0.717, 1.165) is 10.5 Å². The Morgan fingerprint density at radius 3 is 1.89 bits per heavy atom. The summed E-state index contributed by atoms with van der Waals surface area (Å²) in [5, 5.41) is 93.2. The van der Waals surface area contributed by atoms with Crippen molar-refractivity contribution in [2.45, 2.75) is 192 Å². The first-order chi connectivity index (χ1) is 48.3. The van der Waals surface area contributed by atoms with Crippen LogP contribution in [0.2, 0.25) is 0 Å². The fourth-order valence-corrected chi connectivity index (χ4v) is 13.7. The molecule has 28 heteroatoms. The Hall–Kier alpha value is -7.97. The number of aryl methyl sites for hydroxylation is 1. The number of hydrogen-bond acceptors (Lipinski definition) is 24. The molecule has 0 aromatic heterocycles. The van der Waals surface area contributed by atoms with Crippen molar-refractivity contribution >= 4 is 41.0 Å². The Bertz CT molecular complexity index is 3740. The highest BCUT2D eigenvalue weighted by atomic mass is 16.7. The van der Waals surface area contributed by atoms with Gasteiger partial charge in [-0.25, -0.2) is 9.69 Å². The van der Waals surface area contributed by atoms with Gasteiger partial charge in [0.25, 0.3) is 17.7 Å². The summed E-state index contributed by atoms with van der Waals surface area (Å²) in [6.45, 7) is 21.8. The Morgan fingerprint density at radius 1 is 0.657 bits per heavy atom. The van der Waals surface area contributed by atoms with E-state index < -0.39 is 104 Å². The molecule has 4 aromatic rings. The van der Waals surface area contributed by atoms with E-state index in [2.05, 4.69) is 23.8 Å². The van der Waals surface area contributed by atoms with Crippen LogP contribution in [0.5, 0.6) is 28.7 Å². The smallest absolute Gasteiger partial charge is 0.416 e. The zero-order valence-corrected chi connectivity index (χ0v) is 59.3. The number of carbonyl (C=O) groups excluding carboxylic acids is 5. The molecule has 3 unspecified atom stereocenters. The lowest BCUT2D eigenvalue weighted by atomic mass is 9.87. The van der Waals surface area contributed by atoms with Crippen LogP contribution in [0.15, 0.2) is 85.0 Å². The molecule has 3 saturated heterocycles. The number of aliphatic hydroxyl groups is 8. The van der Waals surface area contributed by atoms with E-state index >= 15 is 0 Å². The van der Waals surface area contributed by atoms with Crippen molar-refractivity contribution in [2.24, 2.45) is 5.41 Å². The Labute approximate surface area is 593 Å². The van der Waals surface area contributed by atoms with E-state index in [-0.39, 0.29) is 159 Å². The van der Waals surface area contributed by atoms with Gasteiger partial charge in [0.1, 0.15) is 73.4 Å². The summed E-state index contributed by atoms with van der Waals surface area (Å²) in [5.74, 6) is -0.749. The monoisotopic (exact) mass is 1420 g/mol. The number of nitrogens with one attached hydrogen (secondary N) is 2. The zero-order chi connectivity index (χ0) is 73.8. The summed E-state index contributed by atoms with van der Waals surface area (Å²) >= 11 is 0. The van der Waals surface area contributed by atoms with Gasteiger partial charge in [-0.15, -0.1) is 0 Å². The topological polar surface area (TPSA) is 367 Å². The van der Waals surface area contributed by atoms with Crippen LogP contribution >= 0.6 is 0 Å². The number of fused-ring (bicyclic) bond motifs is 4. The molecule has 10 N–H and O–H groups in total. The molecular weight excluding hydrogens is 1320 g/mol. The number of hydrogen-bond donors (Lipinski definition) is 10. The van der Waals surface area contributed by atoms with Gasteiger partial charge in [-0.3, -0.25) is 19.2 Å². The number of rotatable bonds is 26. The molecule has 0 radical (unpaired) electrons. The van der Waals surface area contributed by atoms with Gasteiger partial charge in [-0.05, 0) is 125 Å². The first-order valence-electron chi connectivity index (χ1n) is 34.4. The second-order valence-electron chi connectivity index (χ2n) is 29.3. The SMILES string of the molecule is C=C1C[C@H]2C(O)N(COCc3ccc(O[C@@H]4CC[C@@H](O)[C@H](O)[C@H]4O)c(C(=O)CC(C)(C)C)c3)c3cc(OCCC(CCOc4cc5c(cc4OC)C(=O)N4CC(=C)C[C@H]4C(O)N5C(=O)OCc4ccc(O[C@@H]5OC[C@@H](O)[C@H](O)[C@H]5O)c(C(=O)NCCOC)c4)NC(C)(C)C)c(C)cc3C(=O)N2C1. The van der Waals surface area contributed by atoms with Gasteiger partial charge >= 0.3 is 6.09 Å². The number of nitrogens with zero attached hydrogens (tertiary/aromatic N) is 4. The molecule has 4 fully saturated rings. The van der Waals surface area contributed by atoms with Crippen LogP contribution in [-0.4, -0.2) is 232 Å². The van der Waals surface area contributed by atoms with Crippen LogP contribution in [0.3, 0.4) is 0 Å². The van der Waals surface area contributed by atoms with Crippen molar-refractivity contribution in [1.29, 1.82) is 0 Å². The lowest BCUT2D eigenvalue weighted by Gasteiger charge is -2.35. The van der Waals surface area contributed by atoms with Gasteiger partial charge in [-0.1, -0.05) is 57.2 Å². The fraction of sp³-hybridized carbons (Fsp3) is 0.554. The normalized spacial score (nSPS) is 25.4. The average molecular weight is 1420 g/mol. The highest BCUT2D eigenvalue weighted by Crippen LogP contribution is 2.44. The van der Waals surface area contributed by atoms with E-state index in [1.165, 1.54) is 49.5 Å². The Kier molecular flexibility index (Phi) is 24.3. The van der Waals surface area contributed by atoms with Crippen LogP contribution in [-0.2, 0) is 32.2 Å². The van der Waals surface area contributed by atoms with Gasteiger partial charge in [0, 0.05) is 56.9 Å². The fourth-order valence-electron chi connectivity index (χ4n) is 13.7. The third-order valence-electron chi connectivity index (χ3n) is 18.9. The Morgan fingerprint density at radius 2 is 1.25 bits per heavy atom. The number of ether oxygens (including phenoxy) is 9. The average Bonchev–Trinajstić information content (AvgIpc) is 1.60. The minimum atomic E-state index is -1.67. The molecule has 102 heavy (non-hydrogen) atoms. The summed E-state index contributed by atoms with van der Waals surface area (Å²) in [6, 6.07) is 13.8. The summed E-state index contributed by atoms with van der Waals surface area (Å²) < 4.78 is 53.8. The van der Waals surface area contributed by atoms with Crippen LogP contribution in [0.25, 0.3) is 0 Å². The molecule has 5 heterocycles. The zero-order valence-electron chi connectivity index (χ0n) is 59.3. The number of Topliss-reactive ketones (excluding diaryl/α,β-unsaturated/α-hetero) is 1. The number of benzene rings is 4. The standard InChI is InChI=1S/C74H98N6O22/c1-39-24-51-69(91)79(38-96-35-42-12-15-56(47(27-42)54(82)32-73(4,5)6)101-58-17-14-53(81)62(84)64(58)86)49-30-59(41(3)26-45(49)67(89)77(51)33-39)97-21-18-44(76-74(7,8)9)19-22-98-61-31-50-46(29-60(61)95-11)68(90)78-34-40(2)25-52(78)70(92)80(50)72(93)100-36-43-13-16-57(48(28-43)66(88)75-20-23-94-10)102-71-65(87)63(85)55(83)37-99-71/h12-13,15-16,26-31,44,51-53,55,58,62-65,69-71,76,81,83-87,91-92H,1-2,14,17-25,32-38H2,3-11H3,(H,75,88)/t44?,51-,52-,53+,55+,58+,62-,63-,64-,65+,69?,70?,71-/m0/s1. The van der Waals surface area contributed by atoms with Crippen molar-refractivity contribution in [3.8, 4) is 28.7 Å². The predicted octanol–water partition coefficient (Wildman–Crippen LogP) is 4.76. The molecule has 556 valence electrons. The molecule has 6 aliphatic rings. The number of carbonyl (C=O) groups is 5. The van der Waals surface area contributed by atoms with Crippen molar-refractivity contribution in [1.82, 2.24) is 20.4 Å². The quantitative estimate of drug-likeness (QED) is 0.0230. The number of methoxy groups -OCH3 is 2. The minimum absolute atomic E-state index is 0.00366. The lowest BCUT2D eigenvalue weighted by molar-refractivity contribution is -0.242. The Balaban J connectivity index is 0.847. The minimum Gasteiger partial charge on any atom is -0.493 e.